The minimum absolute atomic E-state index is 0.0820. The smallest absolute Gasteiger partial charge is 0.277 e. The van der Waals surface area contributed by atoms with Gasteiger partial charge in [0.1, 0.15) is 5.75 Å². The summed E-state index contributed by atoms with van der Waals surface area (Å²) in [6.45, 7) is 5.69. The number of carbonyl (C=O) groups excluding carboxylic acids is 1. The summed E-state index contributed by atoms with van der Waals surface area (Å²) in [6.07, 6.45) is 0. The van der Waals surface area contributed by atoms with Crippen LogP contribution < -0.4 is 10.2 Å². The SMILES string of the molecule is C/C(=N\NC(=O)COc1ccc(C)cc1C)c1ccc(Cl)cc1. The van der Waals surface area contributed by atoms with E-state index in [9.17, 15) is 4.79 Å². The van der Waals surface area contributed by atoms with Gasteiger partial charge in [-0.15, -0.1) is 0 Å². The fourth-order valence-electron chi connectivity index (χ4n) is 2.04. The Labute approximate surface area is 141 Å². The topological polar surface area (TPSA) is 50.7 Å². The van der Waals surface area contributed by atoms with Crippen molar-refractivity contribution in [2.75, 3.05) is 6.61 Å². The predicted molar refractivity (Wildman–Crippen MR) is 93.2 cm³/mol. The molecule has 1 amide bonds. The minimum Gasteiger partial charge on any atom is -0.483 e. The standard InChI is InChI=1S/C18H19ClN2O2/c1-12-4-9-17(13(2)10-12)23-11-18(22)21-20-14(3)15-5-7-16(19)8-6-15/h4-10H,11H2,1-3H3,(H,21,22)/b20-14+. The van der Waals surface area contributed by atoms with Gasteiger partial charge in [0.15, 0.2) is 6.61 Å². The molecule has 1 N–H and O–H groups in total. The zero-order valence-electron chi connectivity index (χ0n) is 13.4. The Bertz CT molecular complexity index is 724. The Balaban J connectivity index is 1.89. The van der Waals surface area contributed by atoms with Crippen molar-refractivity contribution < 1.29 is 9.53 Å². The van der Waals surface area contributed by atoms with Crippen LogP contribution in [0.1, 0.15) is 23.6 Å². The van der Waals surface area contributed by atoms with E-state index in [0.717, 1.165) is 16.7 Å². The van der Waals surface area contributed by atoms with Gasteiger partial charge in [-0.1, -0.05) is 41.4 Å². The van der Waals surface area contributed by atoms with Crippen molar-refractivity contribution in [3.05, 3.63) is 64.2 Å². The van der Waals surface area contributed by atoms with E-state index in [1.807, 2.05) is 51.1 Å². The van der Waals surface area contributed by atoms with E-state index in [-0.39, 0.29) is 12.5 Å². The molecule has 0 saturated heterocycles. The second-order valence-electron chi connectivity index (χ2n) is 5.30. The lowest BCUT2D eigenvalue weighted by Crippen LogP contribution is -2.25. The van der Waals surface area contributed by atoms with E-state index in [1.54, 1.807) is 12.1 Å². The first-order valence-corrected chi connectivity index (χ1v) is 7.62. The number of aryl methyl sites for hydroxylation is 2. The van der Waals surface area contributed by atoms with Crippen molar-refractivity contribution in [1.29, 1.82) is 0 Å². The van der Waals surface area contributed by atoms with E-state index >= 15 is 0 Å². The van der Waals surface area contributed by atoms with Crippen LogP contribution in [0.4, 0.5) is 0 Å². The van der Waals surface area contributed by atoms with Gasteiger partial charge in [-0.05, 0) is 50.1 Å². The Morgan fingerprint density at radius 3 is 2.52 bits per heavy atom. The Hall–Kier alpha value is -2.33. The Kier molecular flexibility index (Phi) is 5.77. The summed E-state index contributed by atoms with van der Waals surface area (Å²) >= 11 is 5.84. The first-order chi connectivity index (χ1) is 11.0. The van der Waals surface area contributed by atoms with Crippen LogP contribution in [0.3, 0.4) is 0 Å². The Morgan fingerprint density at radius 2 is 1.87 bits per heavy atom. The van der Waals surface area contributed by atoms with Crippen LogP contribution >= 0.6 is 11.6 Å². The van der Waals surface area contributed by atoms with Gasteiger partial charge in [0.05, 0.1) is 5.71 Å². The van der Waals surface area contributed by atoms with Gasteiger partial charge >= 0.3 is 0 Å². The van der Waals surface area contributed by atoms with Crippen molar-refractivity contribution in [3.8, 4) is 5.75 Å². The number of halogens is 1. The summed E-state index contributed by atoms with van der Waals surface area (Å²) in [7, 11) is 0. The van der Waals surface area contributed by atoms with Crippen molar-refractivity contribution >= 4 is 23.2 Å². The lowest BCUT2D eigenvalue weighted by Gasteiger charge is -2.09. The second-order valence-corrected chi connectivity index (χ2v) is 5.73. The summed E-state index contributed by atoms with van der Waals surface area (Å²) in [5, 5.41) is 4.73. The molecule has 0 fully saturated rings. The highest BCUT2D eigenvalue weighted by molar-refractivity contribution is 6.30. The molecular weight excluding hydrogens is 312 g/mol. The number of ether oxygens (including phenoxy) is 1. The monoisotopic (exact) mass is 330 g/mol. The van der Waals surface area contributed by atoms with Crippen LogP contribution in [0.25, 0.3) is 0 Å². The number of carbonyl (C=O) groups is 1. The second kappa shape index (κ2) is 7.79. The number of hydrazone groups is 1. The van der Waals surface area contributed by atoms with Crippen molar-refractivity contribution in [2.24, 2.45) is 5.10 Å². The molecule has 0 atom stereocenters. The number of hydrogen-bond donors (Lipinski definition) is 1. The number of nitrogens with zero attached hydrogens (tertiary/aromatic N) is 1. The van der Waals surface area contributed by atoms with Gasteiger partial charge in [0.2, 0.25) is 0 Å². The van der Waals surface area contributed by atoms with Gasteiger partial charge in [-0.2, -0.15) is 5.10 Å². The first kappa shape index (κ1) is 17.0. The average molecular weight is 331 g/mol. The van der Waals surface area contributed by atoms with E-state index in [2.05, 4.69) is 10.5 Å². The molecule has 2 aromatic rings. The molecule has 0 unspecified atom stereocenters. The molecule has 5 heteroatoms. The molecule has 4 nitrogen and oxygen atoms in total. The quantitative estimate of drug-likeness (QED) is 0.668. The predicted octanol–water partition coefficient (Wildman–Crippen LogP) is 3.88. The number of hydrogen-bond acceptors (Lipinski definition) is 3. The summed E-state index contributed by atoms with van der Waals surface area (Å²) < 4.78 is 5.51. The molecular formula is C18H19ClN2O2. The third-order valence-electron chi connectivity index (χ3n) is 3.30. The Morgan fingerprint density at radius 1 is 1.17 bits per heavy atom. The highest BCUT2D eigenvalue weighted by Gasteiger charge is 2.05. The van der Waals surface area contributed by atoms with Crippen molar-refractivity contribution in [1.82, 2.24) is 5.43 Å². The largest absolute Gasteiger partial charge is 0.483 e. The number of amides is 1. The summed E-state index contributed by atoms with van der Waals surface area (Å²) in [4.78, 5) is 11.8. The molecule has 0 heterocycles. The van der Waals surface area contributed by atoms with E-state index in [0.29, 0.717) is 16.5 Å². The molecule has 0 saturated carbocycles. The third kappa shape index (κ3) is 5.11. The van der Waals surface area contributed by atoms with Crippen LogP contribution in [0.2, 0.25) is 5.02 Å². The average Bonchev–Trinajstić information content (AvgIpc) is 2.52. The molecule has 0 aliphatic heterocycles. The van der Waals surface area contributed by atoms with E-state index < -0.39 is 0 Å². The van der Waals surface area contributed by atoms with Gasteiger partial charge < -0.3 is 4.74 Å². The minimum atomic E-state index is -0.307. The molecule has 0 aliphatic carbocycles. The number of rotatable bonds is 5. The van der Waals surface area contributed by atoms with Gasteiger partial charge in [-0.25, -0.2) is 5.43 Å². The summed E-state index contributed by atoms with van der Waals surface area (Å²) in [6, 6.07) is 13.1. The van der Waals surface area contributed by atoms with Crippen LogP contribution in [0.15, 0.2) is 47.6 Å². The fourth-order valence-corrected chi connectivity index (χ4v) is 2.16. The summed E-state index contributed by atoms with van der Waals surface area (Å²) in [5.41, 5.74) is 6.23. The van der Waals surface area contributed by atoms with Gasteiger partial charge in [0.25, 0.3) is 5.91 Å². The molecule has 120 valence electrons. The molecule has 23 heavy (non-hydrogen) atoms. The fraction of sp³-hybridized carbons (Fsp3) is 0.222. The van der Waals surface area contributed by atoms with Crippen LogP contribution in [-0.4, -0.2) is 18.2 Å². The van der Waals surface area contributed by atoms with Gasteiger partial charge in [0, 0.05) is 5.02 Å². The van der Waals surface area contributed by atoms with Crippen molar-refractivity contribution in [2.45, 2.75) is 20.8 Å². The van der Waals surface area contributed by atoms with Gasteiger partial charge in [-0.3, -0.25) is 4.79 Å². The van der Waals surface area contributed by atoms with Crippen molar-refractivity contribution in [3.63, 3.8) is 0 Å². The molecule has 0 aromatic heterocycles. The van der Waals surface area contributed by atoms with E-state index in [4.69, 9.17) is 16.3 Å². The zero-order valence-corrected chi connectivity index (χ0v) is 14.1. The molecule has 0 radical (unpaired) electrons. The lowest BCUT2D eigenvalue weighted by molar-refractivity contribution is -0.123. The molecule has 0 spiro atoms. The maximum atomic E-state index is 11.8. The number of benzene rings is 2. The zero-order chi connectivity index (χ0) is 16.8. The maximum absolute atomic E-state index is 11.8. The molecule has 0 aliphatic rings. The first-order valence-electron chi connectivity index (χ1n) is 7.25. The molecule has 0 bridgehead atoms. The number of nitrogens with one attached hydrogen (secondary N) is 1. The highest BCUT2D eigenvalue weighted by Crippen LogP contribution is 2.18. The maximum Gasteiger partial charge on any atom is 0.277 e. The third-order valence-corrected chi connectivity index (χ3v) is 3.55. The van der Waals surface area contributed by atoms with E-state index in [1.165, 1.54) is 0 Å². The van der Waals surface area contributed by atoms with Crippen LogP contribution in [0.5, 0.6) is 5.75 Å². The normalized spacial score (nSPS) is 11.2. The lowest BCUT2D eigenvalue weighted by atomic mass is 10.1. The molecule has 2 rings (SSSR count). The van der Waals surface area contributed by atoms with Crippen LogP contribution in [0, 0.1) is 13.8 Å². The summed E-state index contributed by atoms with van der Waals surface area (Å²) in [5.74, 6) is 0.391. The highest BCUT2D eigenvalue weighted by atomic mass is 35.5. The van der Waals surface area contributed by atoms with Crippen LogP contribution in [-0.2, 0) is 4.79 Å². The molecule has 2 aromatic carbocycles.